The smallest absolute Gasteiger partial charge is 0.268 e. The van der Waals surface area contributed by atoms with Crippen molar-refractivity contribution in [3.05, 3.63) is 144 Å². The first-order chi connectivity index (χ1) is 29.3. The number of pyridine rings is 2. The summed E-state index contributed by atoms with van der Waals surface area (Å²) in [4.78, 5) is 9.43. The number of hydrogen-bond donors (Lipinski definition) is 0. The summed E-state index contributed by atoms with van der Waals surface area (Å²) in [6.07, 6.45) is 5.18. The number of nitrogens with zero attached hydrogens (tertiary/aromatic N) is 5. The molecular formula is C53H57N5OPt-2. The molecule has 0 unspecified atom stereocenters. The minimum atomic E-state index is -1.79. The Hall–Kier alpha value is -5.06. The zero-order valence-electron chi connectivity index (χ0n) is 40.8. The number of benzene rings is 4. The van der Waals surface area contributed by atoms with Gasteiger partial charge in [0, 0.05) is 49.8 Å². The summed E-state index contributed by atoms with van der Waals surface area (Å²) in [6.45, 7) is 24.3. The number of para-hydroxylation sites is 1. The summed E-state index contributed by atoms with van der Waals surface area (Å²) in [5.41, 5.74) is 5.96. The second-order valence-corrected chi connectivity index (χ2v) is 19.7. The number of hydrogen-bond acceptors (Lipinski definition) is 3. The van der Waals surface area contributed by atoms with Crippen LogP contribution >= 0.6 is 0 Å². The molecule has 4 heterocycles. The fourth-order valence-corrected chi connectivity index (χ4v) is 7.53. The van der Waals surface area contributed by atoms with Gasteiger partial charge in [0.2, 0.25) is 0 Å². The minimum Gasteiger partial charge on any atom is -0.508 e. The summed E-state index contributed by atoms with van der Waals surface area (Å²) >= 11 is 0. The Balaban J connectivity index is 0.00000612. The fourth-order valence-electron chi connectivity index (χ4n) is 7.53. The molecule has 0 saturated heterocycles. The van der Waals surface area contributed by atoms with E-state index in [2.05, 4.69) is 118 Å². The second kappa shape index (κ2) is 15.8. The number of fused-ring (bicyclic) bond motifs is 4. The molecule has 8 rings (SSSR count). The molecule has 4 aromatic heterocycles. The van der Waals surface area contributed by atoms with Crippen LogP contribution in [0, 0.1) is 29.3 Å². The average molecular weight is 979 g/mol. The van der Waals surface area contributed by atoms with E-state index in [0.717, 1.165) is 44.2 Å². The monoisotopic (exact) mass is 978 g/mol. The van der Waals surface area contributed by atoms with E-state index in [1.54, 1.807) is 18.5 Å². The average Bonchev–Trinajstić information content (AvgIpc) is 3.75. The molecule has 0 saturated carbocycles. The van der Waals surface area contributed by atoms with Crippen molar-refractivity contribution < 1.29 is 35.9 Å². The third-order valence-electron chi connectivity index (χ3n) is 10.2. The van der Waals surface area contributed by atoms with Gasteiger partial charge in [0.05, 0.1) is 16.7 Å². The van der Waals surface area contributed by atoms with Crippen LogP contribution in [0.5, 0.6) is 11.5 Å². The Morgan fingerprint density at radius 2 is 1.33 bits per heavy atom. The van der Waals surface area contributed by atoms with Crippen molar-refractivity contribution in [1.82, 2.24) is 19.1 Å². The molecule has 0 atom stereocenters. The van der Waals surface area contributed by atoms with E-state index in [0.29, 0.717) is 34.0 Å². The van der Waals surface area contributed by atoms with Crippen LogP contribution in [-0.2, 0) is 44.6 Å². The topological polar surface area (TPSA) is 48.8 Å². The molecule has 0 aliphatic rings. The Morgan fingerprint density at radius 3 is 2.00 bits per heavy atom. The summed E-state index contributed by atoms with van der Waals surface area (Å²) in [6, 6.07) is 35.1. The molecule has 0 fully saturated rings. The van der Waals surface area contributed by atoms with Crippen LogP contribution in [0.1, 0.15) is 111 Å². The number of imidazole rings is 1. The molecule has 8 aromatic rings. The van der Waals surface area contributed by atoms with Gasteiger partial charge in [-0.1, -0.05) is 142 Å². The maximum Gasteiger partial charge on any atom is 0.268 e. The van der Waals surface area contributed by atoms with Crippen molar-refractivity contribution in [2.24, 2.45) is 10.8 Å². The predicted octanol–water partition coefficient (Wildman–Crippen LogP) is 12.8. The van der Waals surface area contributed by atoms with Crippen LogP contribution in [0.25, 0.3) is 50.0 Å². The van der Waals surface area contributed by atoms with Gasteiger partial charge in [-0.05, 0) is 99.2 Å². The van der Waals surface area contributed by atoms with Crippen LogP contribution in [-0.4, -0.2) is 19.1 Å². The molecule has 6 nitrogen and oxygen atoms in total. The Labute approximate surface area is 376 Å². The van der Waals surface area contributed by atoms with Crippen molar-refractivity contribution in [2.45, 2.75) is 107 Å². The van der Waals surface area contributed by atoms with E-state index in [4.69, 9.17) is 9.72 Å². The van der Waals surface area contributed by atoms with Crippen LogP contribution in [0.3, 0.4) is 0 Å². The molecule has 0 spiro atoms. The molecule has 0 radical (unpaired) electrons. The van der Waals surface area contributed by atoms with Crippen molar-refractivity contribution in [3.63, 3.8) is 0 Å². The normalized spacial score (nSPS) is 14.1. The van der Waals surface area contributed by atoms with E-state index in [1.165, 1.54) is 5.56 Å². The molecule has 7 heteroatoms. The first-order valence-corrected chi connectivity index (χ1v) is 20.4. The van der Waals surface area contributed by atoms with E-state index < -0.39 is 23.6 Å². The van der Waals surface area contributed by atoms with Crippen molar-refractivity contribution >= 4 is 32.8 Å². The fraction of sp³-hybridized carbons (Fsp3) is 0.340. The molecule has 312 valence electrons. The number of aromatic nitrogens is 5. The molecular weight excluding hydrogens is 918 g/mol. The van der Waals surface area contributed by atoms with E-state index >= 15 is 0 Å². The van der Waals surface area contributed by atoms with Gasteiger partial charge >= 0.3 is 0 Å². The van der Waals surface area contributed by atoms with Crippen LogP contribution in [0.2, 0.25) is 0 Å². The Morgan fingerprint density at radius 1 is 0.667 bits per heavy atom. The molecule has 0 N–H and O–H groups in total. The summed E-state index contributed by atoms with van der Waals surface area (Å²) in [7, 11) is 0. The standard InChI is InChI=1S/C53H57N5O.Pt/c1-50(2,3)30-35-23-36(31-51(4,5)6)25-39(24-35)56-34-57(46-20-17-37(26-48(46)56)52(7,8)9)40-28-42(33-54-32-40)59-41-18-19-44-43-15-13-14-16-45(43)58(47(44)29-41)49-27-38(21-22-55-49)53(10,11)12;/h13-27,32-33H,30-31H2,1-12H3;/q-2;/i30D2,31D2;. The zero-order valence-corrected chi connectivity index (χ0v) is 39.0. The molecule has 0 amide bonds. The largest absolute Gasteiger partial charge is 0.508 e. The molecule has 60 heavy (non-hydrogen) atoms. The quantitative estimate of drug-likeness (QED) is 0.118. The summed E-state index contributed by atoms with van der Waals surface area (Å²) in [5, 5.41) is 2.12. The van der Waals surface area contributed by atoms with Gasteiger partial charge in [0.25, 0.3) is 6.33 Å². The zero-order chi connectivity index (χ0) is 45.7. The van der Waals surface area contributed by atoms with Gasteiger partial charge in [-0.25, -0.2) is 4.98 Å². The van der Waals surface area contributed by atoms with Gasteiger partial charge in [-0.2, -0.15) is 6.07 Å². The Kier molecular flexibility index (Phi) is 9.96. The third kappa shape index (κ3) is 9.00. The van der Waals surface area contributed by atoms with Crippen molar-refractivity contribution in [2.75, 3.05) is 0 Å². The van der Waals surface area contributed by atoms with Crippen molar-refractivity contribution in [3.8, 4) is 28.7 Å². The molecule has 0 aliphatic heterocycles. The SMILES string of the molecule is [2H]C([2H])(c1cc(-[n+]2[c-]n(-c3[c-]c(Oc4[c-]c5c(cc4)c4ccccc4n5-c4cc(C(C)(C)C)ccn4)cnc3)c3ccc(C(C)(C)C)cc32)cc(C([2H])([2H])C(C)(C)C)c1)C(C)(C)C.[Pt]. The van der Waals surface area contributed by atoms with Crippen LogP contribution < -0.4 is 9.30 Å². The number of ether oxygens (including phenoxy) is 1. The third-order valence-corrected chi connectivity index (χ3v) is 10.2. The van der Waals surface area contributed by atoms with Gasteiger partial charge in [-0.15, -0.1) is 23.6 Å². The predicted molar refractivity (Wildman–Crippen MR) is 241 cm³/mol. The molecule has 4 aromatic carbocycles. The van der Waals surface area contributed by atoms with E-state index in [1.807, 2.05) is 87.2 Å². The van der Waals surface area contributed by atoms with E-state index in [9.17, 15) is 5.48 Å². The van der Waals surface area contributed by atoms with Gasteiger partial charge < -0.3 is 18.9 Å². The van der Waals surface area contributed by atoms with Gasteiger partial charge in [-0.3, -0.25) is 4.57 Å². The van der Waals surface area contributed by atoms with Gasteiger partial charge in [0.1, 0.15) is 5.82 Å². The van der Waals surface area contributed by atoms with Crippen molar-refractivity contribution in [1.29, 1.82) is 0 Å². The van der Waals surface area contributed by atoms with Gasteiger partial charge in [0.15, 0.2) is 0 Å². The Bertz CT molecular complexity index is 3000. The van der Waals surface area contributed by atoms with E-state index in [-0.39, 0.29) is 31.9 Å². The summed E-state index contributed by atoms with van der Waals surface area (Å²) < 4.78 is 49.7. The second-order valence-electron chi connectivity index (χ2n) is 19.7. The maximum atomic E-state index is 9.31. The first kappa shape index (κ1) is 37.9. The van der Waals surface area contributed by atoms with Crippen LogP contribution in [0.4, 0.5) is 0 Å². The number of rotatable bonds is 7. The molecule has 0 bridgehead atoms. The minimum absolute atomic E-state index is 0. The summed E-state index contributed by atoms with van der Waals surface area (Å²) in [5.74, 6) is 1.68. The first-order valence-electron chi connectivity index (χ1n) is 22.4. The molecule has 0 aliphatic carbocycles. The maximum absolute atomic E-state index is 9.31. The van der Waals surface area contributed by atoms with Crippen LogP contribution in [0.15, 0.2) is 104 Å².